The fraction of sp³-hybridized carbons (Fsp3) is 0. The van der Waals surface area contributed by atoms with Crippen LogP contribution in [0.3, 0.4) is 0 Å². The molecule has 0 spiro atoms. The Bertz CT molecular complexity index is 2810. The summed E-state index contributed by atoms with van der Waals surface area (Å²) < 4.78 is 5.08. The number of anilines is 3. The molecular formula is C46H30N2S. The highest BCUT2D eigenvalue weighted by Crippen LogP contribution is 2.44. The van der Waals surface area contributed by atoms with Gasteiger partial charge in [-0.1, -0.05) is 115 Å². The monoisotopic (exact) mass is 642 g/mol. The molecule has 2 aromatic heterocycles. The fourth-order valence-corrected chi connectivity index (χ4v) is 8.68. The molecule has 8 aromatic carbocycles. The van der Waals surface area contributed by atoms with Gasteiger partial charge in [-0.25, -0.2) is 0 Å². The Kier molecular flexibility index (Phi) is 6.39. The van der Waals surface area contributed by atoms with Gasteiger partial charge in [-0.15, -0.1) is 11.3 Å². The molecule has 2 nitrogen and oxygen atoms in total. The van der Waals surface area contributed by atoms with Crippen molar-refractivity contribution < 1.29 is 0 Å². The van der Waals surface area contributed by atoms with E-state index in [4.69, 9.17) is 0 Å². The first-order chi connectivity index (χ1) is 24.3. The molecule has 2 heterocycles. The molecule has 0 unspecified atom stereocenters. The smallest absolute Gasteiger partial charge is 0.0782 e. The summed E-state index contributed by atoms with van der Waals surface area (Å²) in [6.45, 7) is 0. The summed E-state index contributed by atoms with van der Waals surface area (Å²) in [5.74, 6) is 0. The second-order valence-electron chi connectivity index (χ2n) is 12.6. The zero-order chi connectivity index (χ0) is 32.3. The van der Waals surface area contributed by atoms with Crippen molar-refractivity contribution in [1.29, 1.82) is 0 Å². The molecule has 0 N–H and O–H groups in total. The van der Waals surface area contributed by atoms with E-state index in [0.717, 1.165) is 22.7 Å². The minimum atomic E-state index is 1.11. The predicted molar refractivity (Wildman–Crippen MR) is 211 cm³/mol. The molecule has 230 valence electrons. The summed E-state index contributed by atoms with van der Waals surface area (Å²) >= 11 is 1.87. The van der Waals surface area contributed by atoms with E-state index in [1.165, 1.54) is 63.9 Å². The molecule has 49 heavy (non-hydrogen) atoms. The van der Waals surface area contributed by atoms with Crippen LogP contribution in [-0.4, -0.2) is 4.57 Å². The Morgan fingerprint density at radius 1 is 0.429 bits per heavy atom. The zero-order valence-electron chi connectivity index (χ0n) is 26.6. The van der Waals surface area contributed by atoms with Crippen LogP contribution in [0.1, 0.15) is 0 Å². The average Bonchev–Trinajstić information content (AvgIpc) is 3.73. The minimum Gasteiger partial charge on any atom is -0.308 e. The van der Waals surface area contributed by atoms with Crippen LogP contribution in [0.5, 0.6) is 0 Å². The SMILES string of the molecule is c1ccc(N(c2ccc(-c3ccc4ccc5sc6ccccc6c5c4c3)cc2)c2cccc3c4ccccc4n(-c4ccccc4)c23)cc1. The van der Waals surface area contributed by atoms with Gasteiger partial charge in [-0.2, -0.15) is 0 Å². The van der Waals surface area contributed by atoms with E-state index in [1.807, 2.05) is 11.3 Å². The summed E-state index contributed by atoms with van der Waals surface area (Å²) in [7, 11) is 0. The van der Waals surface area contributed by atoms with Gasteiger partial charge in [0.05, 0.1) is 16.7 Å². The van der Waals surface area contributed by atoms with Gasteiger partial charge in [0.1, 0.15) is 0 Å². The lowest BCUT2D eigenvalue weighted by Crippen LogP contribution is -2.11. The lowest BCUT2D eigenvalue weighted by Gasteiger charge is -2.27. The van der Waals surface area contributed by atoms with Gasteiger partial charge < -0.3 is 9.47 Å². The van der Waals surface area contributed by atoms with Crippen molar-refractivity contribution in [3.8, 4) is 16.8 Å². The number of benzene rings is 8. The van der Waals surface area contributed by atoms with Gasteiger partial charge >= 0.3 is 0 Å². The van der Waals surface area contributed by atoms with Crippen molar-refractivity contribution in [3.63, 3.8) is 0 Å². The van der Waals surface area contributed by atoms with Crippen molar-refractivity contribution in [2.75, 3.05) is 4.90 Å². The van der Waals surface area contributed by atoms with Gasteiger partial charge in [-0.3, -0.25) is 0 Å². The number of nitrogens with zero attached hydrogens (tertiary/aromatic N) is 2. The largest absolute Gasteiger partial charge is 0.308 e. The van der Waals surface area contributed by atoms with Crippen molar-refractivity contribution in [2.24, 2.45) is 0 Å². The first-order valence-electron chi connectivity index (χ1n) is 16.7. The number of rotatable bonds is 5. The lowest BCUT2D eigenvalue weighted by molar-refractivity contribution is 1.17. The Morgan fingerprint density at radius 2 is 1.08 bits per heavy atom. The summed E-state index contributed by atoms with van der Waals surface area (Å²) in [6, 6.07) is 66.1. The van der Waals surface area contributed by atoms with Crippen LogP contribution in [0.25, 0.3) is 69.6 Å². The molecule has 0 amide bonds. The molecule has 0 radical (unpaired) electrons. The van der Waals surface area contributed by atoms with Crippen LogP contribution >= 0.6 is 11.3 Å². The predicted octanol–water partition coefficient (Wildman–Crippen LogP) is 13.4. The number of hydrogen-bond acceptors (Lipinski definition) is 2. The highest BCUT2D eigenvalue weighted by Gasteiger charge is 2.21. The molecule has 10 aromatic rings. The first kappa shape index (κ1) is 27.9. The van der Waals surface area contributed by atoms with Crippen molar-refractivity contribution in [3.05, 3.63) is 182 Å². The van der Waals surface area contributed by atoms with Gasteiger partial charge in [-0.05, 0) is 88.6 Å². The van der Waals surface area contributed by atoms with E-state index in [9.17, 15) is 0 Å². The minimum absolute atomic E-state index is 1.11. The van der Waals surface area contributed by atoms with Crippen LogP contribution in [0.2, 0.25) is 0 Å². The average molecular weight is 643 g/mol. The molecule has 10 rings (SSSR count). The van der Waals surface area contributed by atoms with Crippen molar-refractivity contribution in [2.45, 2.75) is 0 Å². The van der Waals surface area contributed by atoms with E-state index < -0.39 is 0 Å². The van der Waals surface area contributed by atoms with Crippen molar-refractivity contribution in [1.82, 2.24) is 4.57 Å². The maximum Gasteiger partial charge on any atom is 0.0782 e. The standard InChI is InChI=1S/C46H30N2S/c1-3-12-34(13-4-1)47(42-20-11-18-38-37-16-7-9-19-41(37)48(46(38)42)35-14-5-2-6-15-35)36-27-24-31(25-28-36)33-23-22-32-26-29-44-45(40(32)30-33)39-17-8-10-21-43(39)49-44/h1-30H. The normalized spacial score (nSPS) is 11.7. The third-order valence-corrected chi connectivity index (χ3v) is 10.9. The Hall–Kier alpha value is -6.16. The number of fused-ring (bicyclic) bond motifs is 8. The number of aromatic nitrogens is 1. The van der Waals surface area contributed by atoms with E-state index in [0.29, 0.717) is 0 Å². The summed E-state index contributed by atoms with van der Waals surface area (Å²) in [5, 5.41) is 7.75. The van der Waals surface area contributed by atoms with Crippen LogP contribution in [0, 0.1) is 0 Å². The second-order valence-corrected chi connectivity index (χ2v) is 13.6. The molecule has 0 aliphatic carbocycles. The van der Waals surface area contributed by atoms with Crippen LogP contribution in [0.15, 0.2) is 182 Å². The van der Waals surface area contributed by atoms with E-state index in [1.54, 1.807) is 0 Å². The number of hydrogen-bond donors (Lipinski definition) is 0. The topological polar surface area (TPSA) is 8.17 Å². The Labute approximate surface area is 288 Å². The number of para-hydroxylation sites is 4. The second kappa shape index (κ2) is 11.2. The maximum atomic E-state index is 2.41. The van der Waals surface area contributed by atoms with Gasteiger partial charge in [0, 0.05) is 48.0 Å². The van der Waals surface area contributed by atoms with E-state index >= 15 is 0 Å². The van der Waals surface area contributed by atoms with Crippen molar-refractivity contribution >= 4 is 81.1 Å². The molecule has 0 aliphatic rings. The van der Waals surface area contributed by atoms with Crippen LogP contribution in [0.4, 0.5) is 17.1 Å². The molecule has 3 heteroatoms. The lowest BCUT2D eigenvalue weighted by atomic mass is 9.98. The molecule has 0 bridgehead atoms. The summed E-state index contributed by atoms with van der Waals surface area (Å²) in [4.78, 5) is 2.39. The van der Waals surface area contributed by atoms with Gasteiger partial charge in [0.15, 0.2) is 0 Å². The van der Waals surface area contributed by atoms with Crippen LogP contribution < -0.4 is 4.90 Å². The Balaban J connectivity index is 1.15. The molecule has 0 aliphatic heterocycles. The molecule has 0 atom stereocenters. The van der Waals surface area contributed by atoms with E-state index in [2.05, 4.69) is 191 Å². The molecule has 0 saturated carbocycles. The highest BCUT2D eigenvalue weighted by molar-refractivity contribution is 7.26. The van der Waals surface area contributed by atoms with Crippen LogP contribution in [-0.2, 0) is 0 Å². The van der Waals surface area contributed by atoms with Gasteiger partial charge in [0.25, 0.3) is 0 Å². The quantitative estimate of drug-likeness (QED) is 0.181. The first-order valence-corrected chi connectivity index (χ1v) is 17.5. The number of thiophene rings is 1. The third kappa shape index (κ3) is 4.47. The fourth-order valence-electron chi connectivity index (χ4n) is 7.56. The zero-order valence-corrected chi connectivity index (χ0v) is 27.4. The maximum absolute atomic E-state index is 2.41. The van der Waals surface area contributed by atoms with Gasteiger partial charge in [0.2, 0.25) is 0 Å². The molecular weight excluding hydrogens is 613 g/mol. The molecule has 0 saturated heterocycles. The highest BCUT2D eigenvalue weighted by atomic mass is 32.1. The summed E-state index contributed by atoms with van der Waals surface area (Å²) in [6.07, 6.45) is 0. The Morgan fingerprint density at radius 3 is 1.92 bits per heavy atom. The third-order valence-electron chi connectivity index (χ3n) is 9.76. The molecule has 0 fully saturated rings. The van der Waals surface area contributed by atoms with E-state index in [-0.39, 0.29) is 0 Å². The summed E-state index contributed by atoms with van der Waals surface area (Å²) in [5.41, 5.74) is 9.31.